The van der Waals surface area contributed by atoms with E-state index in [2.05, 4.69) is 0 Å². The molecule has 2 aromatic carbocycles. The summed E-state index contributed by atoms with van der Waals surface area (Å²) in [6.07, 6.45) is 1.17. The molecular weight excluding hydrogens is 380 g/mol. The number of hydrogen-bond donors (Lipinski definition) is 0. The molecule has 0 aliphatic heterocycles. The molecule has 0 saturated heterocycles. The van der Waals surface area contributed by atoms with Gasteiger partial charge in [-0.3, -0.25) is 4.79 Å². The van der Waals surface area contributed by atoms with Crippen LogP contribution in [0.25, 0.3) is 0 Å². The molecule has 2 rings (SSSR count). The van der Waals surface area contributed by atoms with Crippen molar-refractivity contribution in [3.05, 3.63) is 59.7 Å². The summed E-state index contributed by atoms with van der Waals surface area (Å²) in [5.74, 6) is -1.27. The van der Waals surface area contributed by atoms with Crippen molar-refractivity contribution in [2.75, 3.05) is 24.3 Å². The van der Waals surface area contributed by atoms with Gasteiger partial charge >= 0.3 is 5.97 Å². The van der Waals surface area contributed by atoms with Gasteiger partial charge in [0.05, 0.1) is 22.9 Å². The molecule has 0 unspecified atom stereocenters. The molecule has 0 atom stereocenters. The van der Waals surface area contributed by atoms with Crippen molar-refractivity contribution in [1.29, 1.82) is 5.26 Å². The lowest BCUT2D eigenvalue weighted by atomic mass is 10.1. The Morgan fingerprint density at radius 3 is 2.43 bits per heavy atom. The molecule has 8 heteroatoms. The predicted molar refractivity (Wildman–Crippen MR) is 104 cm³/mol. The Balaban J connectivity index is 2.14. The maximum Gasteiger partial charge on any atom is 0.338 e. The van der Waals surface area contributed by atoms with Crippen LogP contribution < -0.4 is 4.90 Å². The summed E-state index contributed by atoms with van der Waals surface area (Å²) in [6, 6.07) is 14.9. The molecule has 0 aliphatic rings. The van der Waals surface area contributed by atoms with Gasteiger partial charge in [-0.2, -0.15) is 5.26 Å². The molecule has 0 saturated carbocycles. The minimum Gasteiger partial charge on any atom is -0.452 e. The van der Waals surface area contributed by atoms with Gasteiger partial charge in [0.25, 0.3) is 5.91 Å². The topological polar surface area (TPSA) is 105 Å². The van der Waals surface area contributed by atoms with Gasteiger partial charge in [0.1, 0.15) is 0 Å². The summed E-state index contributed by atoms with van der Waals surface area (Å²) in [5, 5.41) is 8.81. The number of nitrogens with zero attached hydrogens (tertiary/aromatic N) is 2. The van der Waals surface area contributed by atoms with Crippen molar-refractivity contribution >= 4 is 27.4 Å². The number of benzene rings is 2. The number of rotatable bonds is 7. The van der Waals surface area contributed by atoms with Gasteiger partial charge in [0, 0.05) is 18.5 Å². The molecule has 0 spiro atoms. The first-order valence-corrected chi connectivity index (χ1v) is 10.3. The lowest BCUT2D eigenvalue weighted by Crippen LogP contribution is -2.35. The molecule has 0 aliphatic carbocycles. The van der Waals surface area contributed by atoms with Gasteiger partial charge in [-0.05, 0) is 36.8 Å². The SMILES string of the molecule is Cc1ccc(S(C)(=O)=O)cc1C(=O)OCC(=O)N(CCC#N)c1ccccc1. The largest absolute Gasteiger partial charge is 0.452 e. The maximum atomic E-state index is 12.5. The number of ether oxygens (including phenoxy) is 1. The first kappa shape index (κ1) is 21.1. The second kappa shape index (κ2) is 9.15. The minimum absolute atomic E-state index is 0.00342. The number of carbonyl (C=O) groups is 2. The summed E-state index contributed by atoms with van der Waals surface area (Å²) in [6.45, 7) is 1.29. The molecule has 0 heterocycles. The molecule has 28 heavy (non-hydrogen) atoms. The number of para-hydroxylation sites is 1. The van der Waals surface area contributed by atoms with E-state index in [-0.39, 0.29) is 23.4 Å². The van der Waals surface area contributed by atoms with Gasteiger partial charge < -0.3 is 9.64 Å². The number of hydrogen-bond acceptors (Lipinski definition) is 6. The van der Waals surface area contributed by atoms with Crippen LogP contribution in [0.2, 0.25) is 0 Å². The number of aryl methyl sites for hydroxylation is 1. The molecule has 0 aromatic heterocycles. The number of sulfone groups is 1. The van der Waals surface area contributed by atoms with Crippen molar-refractivity contribution in [3.63, 3.8) is 0 Å². The molecule has 0 fully saturated rings. The Kier molecular flexibility index (Phi) is 6.90. The number of carbonyl (C=O) groups excluding carboxylic acids is 2. The normalized spacial score (nSPS) is 10.8. The van der Waals surface area contributed by atoms with Crippen molar-refractivity contribution in [3.8, 4) is 6.07 Å². The third-order valence-electron chi connectivity index (χ3n) is 4.00. The maximum absolute atomic E-state index is 12.5. The van der Waals surface area contributed by atoms with Gasteiger partial charge in [-0.15, -0.1) is 0 Å². The van der Waals surface area contributed by atoms with Crippen LogP contribution in [0.3, 0.4) is 0 Å². The summed E-state index contributed by atoms with van der Waals surface area (Å²) in [7, 11) is -3.48. The fraction of sp³-hybridized carbons (Fsp3) is 0.250. The summed E-state index contributed by atoms with van der Waals surface area (Å²) in [4.78, 5) is 26.3. The van der Waals surface area contributed by atoms with E-state index in [1.807, 2.05) is 6.07 Å². The predicted octanol–water partition coefficient (Wildman–Crippen LogP) is 2.50. The standard InChI is InChI=1S/C20H20N2O5S/c1-15-9-10-17(28(2,25)26)13-18(15)20(24)27-14-19(23)22(12-6-11-21)16-7-4-3-5-8-16/h3-5,7-10,13H,6,12,14H2,1-2H3. The molecule has 0 bridgehead atoms. The lowest BCUT2D eigenvalue weighted by molar-refractivity contribution is -0.121. The average Bonchev–Trinajstić information content (AvgIpc) is 2.66. The van der Waals surface area contributed by atoms with Crippen molar-refractivity contribution in [2.24, 2.45) is 0 Å². The van der Waals surface area contributed by atoms with Crippen LogP contribution in [-0.4, -0.2) is 39.7 Å². The Labute approximate surface area is 164 Å². The van der Waals surface area contributed by atoms with Crippen LogP contribution in [0.1, 0.15) is 22.3 Å². The quantitative estimate of drug-likeness (QED) is 0.662. The number of esters is 1. The van der Waals surface area contributed by atoms with E-state index in [9.17, 15) is 18.0 Å². The van der Waals surface area contributed by atoms with Crippen molar-refractivity contribution in [2.45, 2.75) is 18.2 Å². The molecule has 2 aromatic rings. The third-order valence-corrected chi connectivity index (χ3v) is 5.11. The fourth-order valence-corrected chi connectivity index (χ4v) is 3.15. The fourth-order valence-electron chi connectivity index (χ4n) is 2.50. The van der Waals surface area contributed by atoms with E-state index in [0.29, 0.717) is 11.3 Å². The minimum atomic E-state index is -3.48. The Morgan fingerprint density at radius 2 is 1.82 bits per heavy atom. The van der Waals surface area contributed by atoms with E-state index < -0.39 is 28.3 Å². The van der Waals surface area contributed by atoms with Gasteiger partial charge in [-0.25, -0.2) is 13.2 Å². The van der Waals surface area contributed by atoms with Crippen molar-refractivity contribution < 1.29 is 22.7 Å². The monoisotopic (exact) mass is 400 g/mol. The number of anilines is 1. The molecule has 146 valence electrons. The molecule has 0 N–H and O–H groups in total. The van der Waals surface area contributed by atoms with Gasteiger partial charge in [0.2, 0.25) is 0 Å². The average molecular weight is 400 g/mol. The summed E-state index contributed by atoms with van der Waals surface area (Å²) in [5.41, 5.74) is 1.21. The third kappa shape index (κ3) is 5.41. The molecule has 1 amide bonds. The lowest BCUT2D eigenvalue weighted by Gasteiger charge is -2.21. The van der Waals surface area contributed by atoms with Crippen LogP contribution in [0, 0.1) is 18.3 Å². The van der Waals surface area contributed by atoms with E-state index in [1.165, 1.54) is 23.1 Å². The number of amides is 1. The summed E-state index contributed by atoms with van der Waals surface area (Å²) < 4.78 is 28.5. The highest BCUT2D eigenvalue weighted by molar-refractivity contribution is 7.90. The Hall–Kier alpha value is -3.18. The molecular formula is C20H20N2O5S. The van der Waals surface area contributed by atoms with Crippen LogP contribution >= 0.6 is 0 Å². The zero-order valence-electron chi connectivity index (χ0n) is 15.6. The molecule has 7 nitrogen and oxygen atoms in total. The first-order valence-electron chi connectivity index (χ1n) is 8.44. The Morgan fingerprint density at radius 1 is 1.14 bits per heavy atom. The Bertz CT molecular complexity index is 1010. The van der Waals surface area contributed by atoms with Crippen LogP contribution in [-0.2, 0) is 19.4 Å². The van der Waals surface area contributed by atoms with Gasteiger partial charge in [-0.1, -0.05) is 24.3 Å². The van der Waals surface area contributed by atoms with Crippen molar-refractivity contribution in [1.82, 2.24) is 0 Å². The highest BCUT2D eigenvalue weighted by Crippen LogP contribution is 2.18. The van der Waals surface area contributed by atoms with E-state index >= 15 is 0 Å². The second-order valence-electron chi connectivity index (χ2n) is 6.11. The highest BCUT2D eigenvalue weighted by Gasteiger charge is 2.20. The second-order valence-corrected chi connectivity index (χ2v) is 8.13. The number of nitriles is 1. The smallest absolute Gasteiger partial charge is 0.338 e. The van der Waals surface area contributed by atoms with Gasteiger partial charge in [0.15, 0.2) is 16.4 Å². The van der Waals surface area contributed by atoms with Crippen LogP contribution in [0.4, 0.5) is 5.69 Å². The molecule has 0 radical (unpaired) electrons. The highest BCUT2D eigenvalue weighted by atomic mass is 32.2. The first-order chi connectivity index (χ1) is 13.2. The van der Waals surface area contributed by atoms with Crippen LogP contribution in [0.15, 0.2) is 53.4 Å². The van der Waals surface area contributed by atoms with E-state index in [1.54, 1.807) is 37.3 Å². The van der Waals surface area contributed by atoms with Crippen LogP contribution in [0.5, 0.6) is 0 Å². The van der Waals surface area contributed by atoms with E-state index in [4.69, 9.17) is 10.00 Å². The zero-order valence-corrected chi connectivity index (χ0v) is 16.4. The summed E-state index contributed by atoms with van der Waals surface area (Å²) >= 11 is 0. The zero-order chi connectivity index (χ0) is 20.7. The van der Waals surface area contributed by atoms with E-state index in [0.717, 1.165) is 6.26 Å².